The molecule has 1 saturated heterocycles. The van der Waals surface area contributed by atoms with Crippen molar-refractivity contribution in [2.75, 3.05) is 39.3 Å². The fourth-order valence-electron chi connectivity index (χ4n) is 3.07. The van der Waals surface area contributed by atoms with E-state index in [-0.39, 0.29) is 11.3 Å². The van der Waals surface area contributed by atoms with E-state index in [1.807, 2.05) is 36.9 Å². The maximum atomic E-state index is 13.1. The quantitative estimate of drug-likeness (QED) is 0.843. The number of nitrogens with one attached hydrogen (secondary N) is 1. The highest BCUT2D eigenvalue weighted by atomic mass is 32.2. The topological polar surface area (TPSA) is 69.7 Å². The minimum absolute atomic E-state index is 0.0162. The van der Waals surface area contributed by atoms with Crippen LogP contribution in [0.25, 0.3) is 0 Å². The molecule has 146 valence electrons. The minimum Gasteiger partial charge on any atom is -0.355 e. The first-order chi connectivity index (χ1) is 12.1. The summed E-state index contributed by atoms with van der Waals surface area (Å²) >= 11 is 0. The zero-order valence-corrected chi connectivity index (χ0v) is 17.3. The van der Waals surface area contributed by atoms with Gasteiger partial charge in [0.05, 0.1) is 11.4 Å². The van der Waals surface area contributed by atoms with Crippen molar-refractivity contribution in [3.05, 3.63) is 29.3 Å². The summed E-state index contributed by atoms with van der Waals surface area (Å²) in [5.41, 5.74) is 1.67. The first kappa shape index (κ1) is 20.9. The van der Waals surface area contributed by atoms with Crippen LogP contribution in [0.15, 0.2) is 23.1 Å². The number of carbonyl (C=O) groups is 1. The van der Waals surface area contributed by atoms with E-state index >= 15 is 0 Å². The third-order valence-corrected chi connectivity index (χ3v) is 6.79. The van der Waals surface area contributed by atoms with Gasteiger partial charge in [0.15, 0.2) is 0 Å². The summed E-state index contributed by atoms with van der Waals surface area (Å²) in [6.07, 6.45) is 0. The molecule has 0 bridgehead atoms. The predicted octanol–water partition coefficient (Wildman–Crippen LogP) is 1.73. The summed E-state index contributed by atoms with van der Waals surface area (Å²) in [5.74, 6) is -0.0162. The molecule has 1 aromatic carbocycles. The Kier molecular flexibility index (Phi) is 6.47. The number of sulfonamides is 1. The van der Waals surface area contributed by atoms with Crippen molar-refractivity contribution in [3.8, 4) is 0 Å². The van der Waals surface area contributed by atoms with Gasteiger partial charge in [-0.1, -0.05) is 32.9 Å². The first-order valence-corrected chi connectivity index (χ1v) is 10.6. The molecule has 2 rings (SSSR count). The lowest BCUT2D eigenvalue weighted by Crippen LogP contribution is -2.51. The van der Waals surface area contributed by atoms with E-state index in [2.05, 4.69) is 26.1 Å². The Hall–Kier alpha value is -1.44. The summed E-state index contributed by atoms with van der Waals surface area (Å²) in [5, 5.41) is 2.78. The normalized spacial score (nSPS) is 17.3. The van der Waals surface area contributed by atoms with Crippen molar-refractivity contribution < 1.29 is 13.2 Å². The minimum atomic E-state index is -3.53. The lowest BCUT2D eigenvalue weighted by Gasteiger charge is -2.34. The summed E-state index contributed by atoms with van der Waals surface area (Å²) in [6.45, 7) is 12.8. The average molecular weight is 382 g/mol. The molecule has 0 aliphatic carbocycles. The molecule has 0 aromatic heterocycles. The van der Waals surface area contributed by atoms with E-state index in [4.69, 9.17) is 0 Å². The maximum absolute atomic E-state index is 13.1. The van der Waals surface area contributed by atoms with E-state index in [9.17, 15) is 13.2 Å². The van der Waals surface area contributed by atoms with E-state index in [0.717, 1.165) is 11.1 Å². The number of benzene rings is 1. The van der Waals surface area contributed by atoms with Crippen LogP contribution in [0, 0.1) is 6.92 Å². The van der Waals surface area contributed by atoms with Crippen molar-refractivity contribution in [2.45, 2.75) is 44.9 Å². The predicted molar refractivity (Wildman–Crippen MR) is 104 cm³/mol. The summed E-state index contributed by atoms with van der Waals surface area (Å²) in [4.78, 5) is 14.1. The van der Waals surface area contributed by atoms with Gasteiger partial charge in [-0.2, -0.15) is 4.31 Å². The number of carbonyl (C=O) groups excluding carboxylic acids is 1. The highest BCUT2D eigenvalue weighted by Crippen LogP contribution is 2.28. The van der Waals surface area contributed by atoms with Gasteiger partial charge in [0.1, 0.15) is 0 Å². The molecule has 0 radical (unpaired) electrons. The number of nitrogens with zero attached hydrogens (tertiary/aromatic N) is 2. The lowest BCUT2D eigenvalue weighted by atomic mass is 9.87. The number of aryl methyl sites for hydroxylation is 1. The molecule has 7 heteroatoms. The van der Waals surface area contributed by atoms with Crippen molar-refractivity contribution in [1.29, 1.82) is 0 Å². The number of hydrogen-bond donors (Lipinski definition) is 1. The monoisotopic (exact) mass is 381 g/mol. The molecule has 1 N–H and O–H groups in total. The van der Waals surface area contributed by atoms with Crippen LogP contribution in [-0.2, 0) is 20.2 Å². The van der Waals surface area contributed by atoms with Crippen molar-refractivity contribution in [1.82, 2.24) is 14.5 Å². The molecule has 0 unspecified atom stereocenters. The summed E-state index contributed by atoms with van der Waals surface area (Å²) in [6, 6.07) is 5.70. The lowest BCUT2D eigenvalue weighted by molar-refractivity contribution is -0.122. The van der Waals surface area contributed by atoms with E-state index in [0.29, 0.717) is 44.2 Å². The van der Waals surface area contributed by atoms with Gasteiger partial charge in [0.2, 0.25) is 15.9 Å². The molecular weight excluding hydrogens is 350 g/mol. The largest absolute Gasteiger partial charge is 0.355 e. The van der Waals surface area contributed by atoms with E-state index in [1.165, 1.54) is 4.31 Å². The Labute approximate surface area is 157 Å². The van der Waals surface area contributed by atoms with Crippen molar-refractivity contribution in [2.24, 2.45) is 0 Å². The SMILES string of the molecule is CCNC(=O)CN1CCN(S(=O)(=O)c2cc(C(C)(C)C)ccc2C)CC1. The van der Waals surface area contributed by atoms with Gasteiger partial charge >= 0.3 is 0 Å². The van der Waals surface area contributed by atoms with Gasteiger partial charge in [-0.3, -0.25) is 9.69 Å². The third kappa shape index (κ3) is 4.84. The summed E-state index contributed by atoms with van der Waals surface area (Å²) < 4.78 is 27.8. The van der Waals surface area contributed by atoms with Crippen LogP contribution >= 0.6 is 0 Å². The number of piperazine rings is 1. The first-order valence-electron chi connectivity index (χ1n) is 9.16. The highest BCUT2D eigenvalue weighted by Gasteiger charge is 2.31. The number of likely N-dealkylation sites (N-methyl/N-ethyl adjacent to an activating group) is 1. The zero-order valence-electron chi connectivity index (χ0n) is 16.5. The molecule has 1 heterocycles. The Morgan fingerprint density at radius 1 is 1.15 bits per heavy atom. The number of rotatable bonds is 5. The van der Waals surface area contributed by atoms with Crippen LogP contribution in [0.3, 0.4) is 0 Å². The highest BCUT2D eigenvalue weighted by molar-refractivity contribution is 7.89. The van der Waals surface area contributed by atoms with Gasteiger partial charge < -0.3 is 5.32 Å². The van der Waals surface area contributed by atoms with E-state index in [1.54, 1.807) is 0 Å². The second-order valence-electron chi connectivity index (χ2n) is 7.86. The fourth-order valence-corrected chi connectivity index (χ4v) is 4.74. The molecule has 0 atom stereocenters. The molecule has 1 aliphatic rings. The Bertz CT molecular complexity index is 746. The Morgan fingerprint density at radius 2 is 1.77 bits per heavy atom. The molecule has 0 saturated carbocycles. The van der Waals surface area contributed by atoms with Crippen molar-refractivity contribution in [3.63, 3.8) is 0 Å². The van der Waals surface area contributed by atoms with Gasteiger partial charge in [-0.15, -0.1) is 0 Å². The van der Waals surface area contributed by atoms with Crippen LogP contribution in [0.5, 0.6) is 0 Å². The number of amides is 1. The fraction of sp³-hybridized carbons (Fsp3) is 0.632. The molecule has 1 amide bonds. The van der Waals surface area contributed by atoms with Crippen molar-refractivity contribution >= 4 is 15.9 Å². The van der Waals surface area contributed by atoms with Gasteiger partial charge in [0, 0.05) is 32.7 Å². The smallest absolute Gasteiger partial charge is 0.243 e. The molecular formula is C19H31N3O3S. The third-order valence-electron chi connectivity index (χ3n) is 4.74. The Balaban J connectivity index is 2.14. The molecule has 1 fully saturated rings. The average Bonchev–Trinajstić information content (AvgIpc) is 2.54. The van der Waals surface area contributed by atoms with Crippen LogP contribution in [0.4, 0.5) is 0 Å². The maximum Gasteiger partial charge on any atom is 0.243 e. The molecule has 0 spiro atoms. The van der Waals surface area contributed by atoms with Crippen LogP contribution in [0.2, 0.25) is 0 Å². The Morgan fingerprint density at radius 3 is 2.31 bits per heavy atom. The second-order valence-corrected chi connectivity index (χ2v) is 9.77. The van der Waals surface area contributed by atoms with Gasteiger partial charge in [0.25, 0.3) is 0 Å². The van der Waals surface area contributed by atoms with E-state index < -0.39 is 10.0 Å². The van der Waals surface area contributed by atoms with Gasteiger partial charge in [-0.25, -0.2) is 8.42 Å². The molecule has 1 aromatic rings. The van der Waals surface area contributed by atoms with Crippen LogP contribution in [0.1, 0.15) is 38.8 Å². The number of hydrogen-bond acceptors (Lipinski definition) is 4. The summed E-state index contributed by atoms with van der Waals surface area (Å²) in [7, 11) is -3.53. The standard InChI is InChI=1S/C19H31N3O3S/c1-6-20-18(23)14-21-9-11-22(12-10-21)26(24,25)17-13-16(19(3,4)5)8-7-15(17)2/h7-8,13H,6,9-12,14H2,1-5H3,(H,20,23). The molecule has 6 nitrogen and oxygen atoms in total. The zero-order chi connectivity index (χ0) is 19.5. The van der Waals surface area contributed by atoms with Crippen LogP contribution < -0.4 is 5.32 Å². The molecule has 26 heavy (non-hydrogen) atoms. The second kappa shape index (κ2) is 8.06. The van der Waals surface area contributed by atoms with Gasteiger partial charge in [-0.05, 0) is 36.5 Å². The van der Waals surface area contributed by atoms with Crippen LogP contribution in [-0.4, -0.2) is 62.8 Å². The molecule has 1 aliphatic heterocycles.